The zero-order chi connectivity index (χ0) is 54.2. The molecule has 420 valence electrons. The minimum atomic E-state index is -5.82. The molecule has 0 radical (unpaired) electrons. The molecule has 2 aliphatic rings. The number of phosphoric ester groups is 2. The van der Waals surface area contributed by atoms with Crippen molar-refractivity contribution >= 4 is 33.4 Å². The Morgan fingerprint density at radius 1 is 0.753 bits per heavy atom. The highest BCUT2D eigenvalue weighted by atomic mass is 31.2. The smallest absolute Gasteiger partial charge is 0.462 e. The maximum Gasteiger partial charge on any atom is 0.472 e. The van der Waals surface area contributed by atoms with Crippen molar-refractivity contribution < 1.29 is 97.0 Å². The van der Waals surface area contributed by atoms with Gasteiger partial charge in [0.05, 0.1) is 37.1 Å². The SMILES string of the molecule is CCCCC/C=C\C/C=C\C/C=C\C/C=C\CCCCCC(=O)O[C@@H]1COC(=O)CCCCC(=O)C[C@@H]2[C@@H](O)[C@H](O)[C@@H](O)[C@H](OP(=O)(O)OC1)[C@H](OP(=O)(O)O)[C@H](O)[C@@H](/C=C/[C@@H](O)CCCCC)[C@H](O)C[C@@H]2O. The zero-order valence-corrected chi connectivity index (χ0v) is 44.4. The molecule has 2 bridgehead atoms. The van der Waals surface area contributed by atoms with Gasteiger partial charge in [0.15, 0.2) is 6.10 Å². The summed E-state index contributed by atoms with van der Waals surface area (Å²) in [5.74, 6) is -5.65. The van der Waals surface area contributed by atoms with Crippen LogP contribution in [0.4, 0.5) is 0 Å². The highest BCUT2D eigenvalue weighted by Crippen LogP contribution is 2.50. The average Bonchev–Trinajstić information content (AvgIpc) is 3.33. The Morgan fingerprint density at radius 2 is 1.34 bits per heavy atom. The van der Waals surface area contributed by atoms with Crippen molar-refractivity contribution in [3.05, 3.63) is 60.8 Å². The molecule has 1 aliphatic heterocycles. The van der Waals surface area contributed by atoms with Crippen LogP contribution in [0.2, 0.25) is 0 Å². The standard InChI is InChI=1S/C51H86O20P2/c1-3-5-7-8-9-10-11-12-13-14-15-16-17-18-19-20-21-22-24-30-45(57)69-39-35-67-44(56)29-26-25-28-38(53)33-41-43(55)34-42(54)40(32-31-37(52)27-23-6-4-2)47(59)50(70-72(62,63)64)51(49(61)48(60)46(41)58)71-73(65,66)68-36-39/h9-10,12-13,15-16,18-19,31-32,37,39-43,46-52,54-55,58-61H,3-8,11,14,17,20-30,33-36H2,1-2H3,(H,65,66)(H2,62,63,64)/b10-9-,13-12-,16-15-,19-18-,32-31+/t37-,39+,40-,41-,42+,43-,46+,47+,48-,49+,50+,51-/m0/s1. The van der Waals surface area contributed by atoms with Crippen LogP contribution in [0.3, 0.4) is 0 Å². The van der Waals surface area contributed by atoms with E-state index in [0.29, 0.717) is 19.3 Å². The predicted molar refractivity (Wildman–Crippen MR) is 271 cm³/mol. The van der Waals surface area contributed by atoms with E-state index in [1.165, 1.54) is 19.3 Å². The van der Waals surface area contributed by atoms with Crippen molar-refractivity contribution in [1.29, 1.82) is 0 Å². The van der Waals surface area contributed by atoms with Gasteiger partial charge < -0.3 is 59.9 Å². The Balaban J connectivity index is 2.30. The highest BCUT2D eigenvalue weighted by Gasteiger charge is 2.52. The van der Waals surface area contributed by atoms with Gasteiger partial charge in [0.25, 0.3) is 0 Å². The van der Waals surface area contributed by atoms with Crippen LogP contribution in [0, 0.1) is 11.8 Å². The van der Waals surface area contributed by atoms with Gasteiger partial charge in [-0.1, -0.05) is 113 Å². The van der Waals surface area contributed by atoms with Crippen molar-refractivity contribution in [3.63, 3.8) is 0 Å². The van der Waals surface area contributed by atoms with Crippen LogP contribution in [0.15, 0.2) is 60.8 Å². The van der Waals surface area contributed by atoms with Crippen LogP contribution in [0.1, 0.15) is 155 Å². The third-order valence-electron chi connectivity index (χ3n) is 12.5. The Hall–Kier alpha value is -2.75. The number of hydrogen-bond acceptors (Lipinski definition) is 17. The van der Waals surface area contributed by atoms with E-state index in [9.17, 15) is 73.9 Å². The molecule has 0 aromatic heterocycles. The number of phosphoric acid groups is 2. The number of carbonyl (C=O) groups excluding carboxylic acids is 3. The van der Waals surface area contributed by atoms with Crippen LogP contribution in [0.5, 0.6) is 0 Å². The molecule has 1 heterocycles. The van der Waals surface area contributed by atoms with Crippen molar-refractivity contribution in [2.75, 3.05) is 13.2 Å². The Bertz CT molecular complexity index is 1820. The molecule has 1 unspecified atom stereocenters. The quantitative estimate of drug-likeness (QED) is 0.0211. The molecular weight excluding hydrogens is 994 g/mol. The number of aliphatic hydroxyl groups is 7. The van der Waals surface area contributed by atoms with E-state index in [2.05, 4.69) is 55.5 Å². The molecule has 1 aliphatic carbocycles. The molecule has 20 nitrogen and oxygen atoms in total. The van der Waals surface area contributed by atoms with Gasteiger partial charge in [0, 0.05) is 43.9 Å². The minimum absolute atomic E-state index is 0.0962. The minimum Gasteiger partial charge on any atom is -0.462 e. The van der Waals surface area contributed by atoms with E-state index in [1.807, 2.05) is 6.92 Å². The molecular formula is C51H86O20P2. The molecule has 22 heteroatoms. The number of carbonyl (C=O) groups is 3. The first-order chi connectivity index (χ1) is 34.7. The second-order valence-electron chi connectivity index (χ2n) is 18.8. The molecule has 0 aromatic rings. The predicted octanol–water partition coefficient (Wildman–Crippen LogP) is 6.18. The Labute approximate surface area is 431 Å². The molecule has 73 heavy (non-hydrogen) atoms. The van der Waals surface area contributed by atoms with Crippen molar-refractivity contribution in [2.45, 2.75) is 216 Å². The van der Waals surface area contributed by atoms with E-state index in [0.717, 1.165) is 63.5 Å². The summed E-state index contributed by atoms with van der Waals surface area (Å²) in [6, 6.07) is 0. The van der Waals surface area contributed by atoms with Gasteiger partial charge in [0.1, 0.15) is 36.8 Å². The largest absolute Gasteiger partial charge is 0.472 e. The lowest BCUT2D eigenvalue weighted by Crippen LogP contribution is -2.56. The van der Waals surface area contributed by atoms with Crippen molar-refractivity contribution in [3.8, 4) is 0 Å². The van der Waals surface area contributed by atoms with Gasteiger partial charge in [-0.05, 0) is 70.6 Å². The van der Waals surface area contributed by atoms with E-state index >= 15 is 0 Å². The fourth-order valence-corrected chi connectivity index (χ4v) is 9.89. The lowest BCUT2D eigenvalue weighted by Gasteiger charge is -2.38. The summed E-state index contributed by atoms with van der Waals surface area (Å²) in [5.41, 5.74) is 0. The highest BCUT2D eigenvalue weighted by molar-refractivity contribution is 7.47. The first kappa shape index (κ1) is 66.4. The number of aliphatic hydroxyl groups excluding tert-OH is 7. The van der Waals surface area contributed by atoms with E-state index < -0.39 is 132 Å². The lowest BCUT2D eigenvalue weighted by molar-refractivity contribution is -0.166. The fourth-order valence-electron chi connectivity index (χ4n) is 8.36. The van der Waals surface area contributed by atoms with Gasteiger partial charge in [-0.3, -0.25) is 28.0 Å². The molecule has 2 fully saturated rings. The number of unbranched alkanes of at least 4 members (excludes halogenated alkanes) is 8. The average molecular weight is 1080 g/mol. The first-order valence-electron chi connectivity index (χ1n) is 26.0. The fraction of sp³-hybridized carbons (Fsp3) is 0.745. The van der Waals surface area contributed by atoms with Crippen molar-refractivity contribution in [1.82, 2.24) is 0 Å². The summed E-state index contributed by atoms with van der Waals surface area (Å²) in [4.78, 5) is 70.2. The van der Waals surface area contributed by atoms with Gasteiger partial charge in [-0.2, -0.15) is 0 Å². The number of esters is 2. The summed E-state index contributed by atoms with van der Waals surface area (Å²) >= 11 is 0. The maximum atomic E-state index is 13.8. The Morgan fingerprint density at radius 3 is 1.96 bits per heavy atom. The number of ether oxygens (including phenoxy) is 2. The summed E-state index contributed by atoms with van der Waals surface area (Å²) in [5, 5.41) is 79.9. The number of hydrogen-bond donors (Lipinski definition) is 10. The van der Waals surface area contributed by atoms with Crippen molar-refractivity contribution in [2.24, 2.45) is 11.8 Å². The number of fused-ring (bicyclic) bond motifs is 4. The summed E-state index contributed by atoms with van der Waals surface area (Å²) in [7, 11) is -11.6. The normalized spacial score (nSPS) is 30.8. The number of ketones is 1. The topological polar surface area (TPSA) is 334 Å². The molecule has 0 aromatic carbocycles. The lowest BCUT2D eigenvalue weighted by atomic mass is 9.82. The van der Waals surface area contributed by atoms with Gasteiger partial charge >= 0.3 is 27.6 Å². The molecule has 1 saturated carbocycles. The van der Waals surface area contributed by atoms with Gasteiger partial charge in [0.2, 0.25) is 0 Å². The molecule has 10 N–H and O–H groups in total. The van der Waals surface area contributed by atoms with Crippen LogP contribution >= 0.6 is 15.6 Å². The van der Waals surface area contributed by atoms with Gasteiger partial charge in [-0.25, -0.2) is 9.13 Å². The maximum absolute atomic E-state index is 13.8. The molecule has 13 atom stereocenters. The third kappa shape index (κ3) is 28.8. The van der Waals surface area contributed by atoms with Crippen LogP contribution in [0.25, 0.3) is 0 Å². The Kier molecular flexibility index (Phi) is 33.7. The number of Topliss-reactive ketones (excluding diaryl/α,β-unsaturated/α-hetero) is 1. The zero-order valence-electron chi connectivity index (χ0n) is 42.6. The summed E-state index contributed by atoms with van der Waals surface area (Å²) < 4.78 is 52.2. The van der Waals surface area contributed by atoms with E-state index in [1.54, 1.807) is 0 Å². The van der Waals surface area contributed by atoms with Crippen LogP contribution in [-0.2, 0) is 46.6 Å². The molecule has 2 rings (SSSR count). The second kappa shape index (κ2) is 37.1. The summed E-state index contributed by atoms with van der Waals surface area (Å²) in [6.07, 6.45) is 7.71. The molecule has 0 amide bonds. The van der Waals surface area contributed by atoms with Crippen LogP contribution in [-0.4, -0.2) is 142 Å². The van der Waals surface area contributed by atoms with Gasteiger partial charge in [-0.15, -0.1) is 0 Å². The first-order valence-corrected chi connectivity index (χ1v) is 29.0. The second-order valence-corrected chi connectivity index (χ2v) is 21.4. The number of rotatable bonds is 25. The number of allylic oxidation sites excluding steroid dienone is 8. The summed E-state index contributed by atoms with van der Waals surface area (Å²) in [6.45, 7) is 2.41. The third-order valence-corrected chi connectivity index (χ3v) is 14.0. The molecule has 1 saturated heterocycles. The molecule has 0 spiro atoms. The van der Waals surface area contributed by atoms with E-state index in [4.69, 9.17) is 23.0 Å². The van der Waals surface area contributed by atoms with E-state index in [-0.39, 0.29) is 38.5 Å². The number of cyclic esters (lactones) is 1. The van der Waals surface area contributed by atoms with Crippen LogP contribution < -0.4 is 0 Å². The monoisotopic (exact) mass is 1080 g/mol.